The zero-order valence-corrected chi connectivity index (χ0v) is 16.6. The van der Waals surface area contributed by atoms with Gasteiger partial charge in [-0.05, 0) is 89.1 Å². The number of carbonyl (C=O) groups is 1. The molecule has 5 heteroatoms. The summed E-state index contributed by atoms with van der Waals surface area (Å²) in [6, 6.07) is 4.71. The van der Waals surface area contributed by atoms with E-state index in [4.69, 9.17) is 0 Å². The Labute approximate surface area is 161 Å². The Morgan fingerprint density at radius 3 is 2.52 bits per heavy atom. The summed E-state index contributed by atoms with van der Waals surface area (Å²) < 4.78 is 26.4. The van der Waals surface area contributed by atoms with E-state index >= 15 is 0 Å². The molecule has 2 aliphatic heterocycles. The van der Waals surface area contributed by atoms with Crippen molar-refractivity contribution in [3.63, 3.8) is 0 Å². The molecule has 3 nitrogen and oxygen atoms in total. The van der Waals surface area contributed by atoms with Crippen molar-refractivity contribution < 1.29 is 13.6 Å². The van der Waals surface area contributed by atoms with Crippen LogP contribution in [0.4, 0.5) is 8.78 Å². The second-order valence-electron chi connectivity index (χ2n) is 8.48. The van der Waals surface area contributed by atoms with Gasteiger partial charge in [0.05, 0.1) is 0 Å². The number of halogens is 2. The second-order valence-corrected chi connectivity index (χ2v) is 8.48. The lowest BCUT2D eigenvalue weighted by molar-refractivity contribution is -0.139. The van der Waals surface area contributed by atoms with Gasteiger partial charge in [0.25, 0.3) is 0 Å². The Hall–Kier alpha value is -1.49. The zero-order chi connectivity index (χ0) is 19.4. The first-order valence-electron chi connectivity index (χ1n) is 10.4. The van der Waals surface area contributed by atoms with Crippen molar-refractivity contribution in [1.29, 1.82) is 0 Å². The average Bonchev–Trinajstić information content (AvgIpc) is 2.68. The first kappa shape index (κ1) is 20.2. The largest absolute Gasteiger partial charge is 0.342 e. The first-order valence-corrected chi connectivity index (χ1v) is 10.4. The molecule has 0 N–H and O–H groups in total. The smallest absolute Gasteiger partial charge is 0.225 e. The van der Waals surface area contributed by atoms with Gasteiger partial charge in [-0.2, -0.15) is 0 Å². The summed E-state index contributed by atoms with van der Waals surface area (Å²) in [7, 11) is 0. The van der Waals surface area contributed by atoms with E-state index in [1.807, 2.05) is 0 Å². The van der Waals surface area contributed by atoms with Gasteiger partial charge in [-0.25, -0.2) is 8.78 Å². The maximum atomic E-state index is 13.4. The van der Waals surface area contributed by atoms with Crippen molar-refractivity contribution in [2.75, 3.05) is 26.2 Å². The van der Waals surface area contributed by atoms with E-state index < -0.39 is 11.6 Å². The fourth-order valence-corrected chi connectivity index (χ4v) is 4.49. The molecule has 0 radical (unpaired) electrons. The Morgan fingerprint density at radius 1 is 1.11 bits per heavy atom. The summed E-state index contributed by atoms with van der Waals surface area (Å²) in [4.78, 5) is 17.5. The highest BCUT2D eigenvalue weighted by Gasteiger charge is 2.31. The van der Waals surface area contributed by atoms with Gasteiger partial charge >= 0.3 is 0 Å². The summed E-state index contributed by atoms with van der Waals surface area (Å²) in [5, 5.41) is 0. The van der Waals surface area contributed by atoms with Crippen LogP contribution in [-0.2, 0) is 11.2 Å². The number of piperidine rings is 2. The first-order chi connectivity index (χ1) is 12.9. The quantitative estimate of drug-likeness (QED) is 0.764. The molecule has 2 fully saturated rings. The summed E-state index contributed by atoms with van der Waals surface area (Å²) in [5.41, 5.74) is 0.832. The molecule has 0 aliphatic carbocycles. The standard InChI is InChI=1S/C22H32F2N2O/c1-16(2)25-12-9-19(10-13-25)22(27)26-11-3-4-18(15-26)6-5-17-7-8-20(23)21(24)14-17/h7-8,14,16,18-19H,3-6,9-13,15H2,1-2H3. The van der Waals surface area contributed by atoms with Gasteiger partial charge < -0.3 is 9.80 Å². The van der Waals surface area contributed by atoms with Gasteiger partial charge in [-0.1, -0.05) is 6.07 Å². The number of hydrogen-bond acceptors (Lipinski definition) is 2. The maximum Gasteiger partial charge on any atom is 0.225 e. The summed E-state index contributed by atoms with van der Waals surface area (Å²) in [5.74, 6) is -0.621. The van der Waals surface area contributed by atoms with E-state index in [0.717, 1.165) is 70.3 Å². The molecule has 0 saturated carbocycles. The van der Waals surface area contributed by atoms with Gasteiger partial charge in [0.15, 0.2) is 11.6 Å². The third-order valence-corrected chi connectivity index (χ3v) is 6.27. The van der Waals surface area contributed by atoms with Crippen LogP contribution in [0.3, 0.4) is 0 Å². The van der Waals surface area contributed by atoms with E-state index in [0.29, 0.717) is 17.9 Å². The van der Waals surface area contributed by atoms with Gasteiger partial charge in [0.2, 0.25) is 5.91 Å². The summed E-state index contributed by atoms with van der Waals surface area (Å²) >= 11 is 0. The summed E-state index contributed by atoms with van der Waals surface area (Å²) in [6.07, 6.45) is 5.73. The van der Waals surface area contributed by atoms with Crippen LogP contribution in [0.2, 0.25) is 0 Å². The molecule has 2 heterocycles. The molecule has 1 atom stereocenters. The number of aryl methyl sites for hydroxylation is 1. The predicted molar refractivity (Wildman–Crippen MR) is 103 cm³/mol. The third-order valence-electron chi connectivity index (χ3n) is 6.27. The van der Waals surface area contributed by atoms with Crippen LogP contribution >= 0.6 is 0 Å². The SMILES string of the molecule is CC(C)N1CCC(C(=O)N2CCCC(CCc3ccc(F)c(F)c3)C2)CC1. The molecule has 2 saturated heterocycles. The highest BCUT2D eigenvalue weighted by molar-refractivity contribution is 5.79. The Kier molecular flexibility index (Phi) is 6.85. The number of benzene rings is 1. The van der Waals surface area contributed by atoms with Crippen molar-refractivity contribution in [2.24, 2.45) is 11.8 Å². The molecule has 27 heavy (non-hydrogen) atoms. The lowest BCUT2D eigenvalue weighted by atomic mass is 9.89. The average molecular weight is 379 g/mol. The van der Waals surface area contributed by atoms with Crippen LogP contribution < -0.4 is 0 Å². The lowest BCUT2D eigenvalue weighted by Gasteiger charge is -2.39. The molecule has 1 unspecified atom stereocenters. The fourth-order valence-electron chi connectivity index (χ4n) is 4.49. The molecule has 0 aromatic heterocycles. The number of amides is 1. The Morgan fingerprint density at radius 2 is 1.85 bits per heavy atom. The fraction of sp³-hybridized carbons (Fsp3) is 0.682. The van der Waals surface area contributed by atoms with Crippen LogP contribution in [0.1, 0.15) is 51.5 Å². The molecule has 0 spiro atoms. The van der Waals surface area contributed by atoms with Crippen molar-refractivity contribution in [1.82, 2.24) is 9.80 Å². The molecular weight excluding hydrogens is 346 g/mol. The topological polar surface area (TPSA) is 23.6 Å². The molecule has 3 rings (SSSR count). The van der Waals surface area contributed by atoms with Gasteiger partial charge in [-0.3, -0.25) is 4.79 Å². The molecule has 1 aromatic carbocycles. The lowest BCUT2D eigenvalue weighted by Crippen LogP contribution is -2.47. The molecule has 0 bridgehead atoms. The van der Waals surface area contributed by atoms with Crippen LogP contribution in [-0.4, -0.2) is 47.9 Å². The molecule has 1 aromatic rings. The second kappa shape index (κ2) is 9.13. The normalized spacial score (nSPS) is 22.4. The molecule has 2 aliphatic rings. The van der Waals surface area contributed by atoms with Crippen molar-refractivity contribution >= 4 is 5.91 Å². The number of carbonyl (C=O) groups excluding carboxylic acids is 1. The van der Waals surface area contributed by atoms with E-state index in [2.05, 4.69) is 23.6 Å². The van der Waals surface area contributed by atoms with Crippen molar-refractivity contribution in [3.05, 3.63) is 35.4 Å². The molecule has 150 valence electrons. The third kappa shape index (κ3) is 5.28. The van der Waals surface area contributed by atoms with E-state index in [-0.39, 0.29) is 5.92 Å². The van der Waals surface area contributed by atoms with Gasteiger partial charge in [0.1, 0.15) is 0 Å². The molecular formula is C22H32F2N2O. The Bertz CT molecular complexity index is 641. The minimum absolute atomic E-state index is 0.171. The highest BCUT2D eigenvalue weighted by Crippen LogP contribution is 2.26. The van der Waals surface area contributed by atoms with Crippen LogP contribution in [0, 0.1) is 23.5 Å². The minimum atomic E-state index is -0.795. The van der Waals surface area contributed by atoms with E-state index in [9.17, 15) is 13.6 Å². The van der Waals surface area contributed by atoms with Crippen molar-refractivity contribution in [3.8, 4) is 0 Å². The zero-order valence-electron chi connectivity index (χ0n) is 16.6. The predicted octanol–water partition coefficient (Wildman–Crippen LogP) is 4.26. The number of likely N-dealkylation sites (tertiary alicyclic amines) is 2. The minimum Gasteiger partial charge on any atom is -0.342 e. The maximum absolute atomic E-state index is 13.4. The van der Waals surface area contributed by atoms with Crippen LogP contribution in [0.25, 0.3) is 0 Å². The highest BCUT2D eigenvalue weighted by atomic mass is 19.2. The number of rotatable bonds is 5. The van der Waals surface area contributed by atoms with Gasteiger partial charge in [0, 0.05) is 25.0 Å². The van der Waals surface area contributed by atoms with Crippen molar-refractivity contribution in [2.45, 2.75) is 58.4 Å². The monoisotopic (exact) mass is 378 g/mol. The van der Waals surface area contributed by atoms with E-state index in [1.165, 1.54) is 12.1 Å². The molecule has 1 amide bonds. The number of hydrogen-bond donors (Lipinski definition) is 0. The van der Waals surface area contributed by atoms with Crippen LogP contribution in [0.15, 0.2) is 18.2 Å². The number of nitrogens with zero attached hydrogens (tertiary/aromatic N) is 2. The summed E-state index contributed by atoms with van der Waals surface area (Å²) in [6.45, 7) is 8.13. The van der Waals surface area contributed by atoms with Crippen LogP contribution in [0.5, 0.6) is 0 Å². The Balaban J connectivity index is 1.48. The van der Waals surface area contributed by atoms with E-state index in [1.54, 1.807) is 6.07 Å². The van der Waals surface area contributed by atoms with Gasteiger partial charge in [-0.15, -0.1) is 0 Å².